The van der Waals surface area contributed by atoms with Crippen LogP contribution >= 0.6 is 0 Å². The van der Waals surface area contributed by atoms with Gasteiger partial charge in [-0.15, -0.1) is 0 Å². The van der Waals surface area contributed by atoms with Crippen LogP contribution in [0.3, 0.4) is 0 Å². The Labute approximate surface area is 143 Å². The van der Waals surface area contributed by atoms with Gasteiger partial charge in [0.25, 0.3) is 10.1 Å². The summed E-state index contributed by atoms with van der Waals surface area (Å²) in [6, 6.07) is 6.05. The molecule has 1 unspecified atom stereocenters. The molecule has 0 aliphatic heterocycles. The molecule has 4 N–H and O–H groups in total. The molecule has 0 amide bonds. The summed E-state index contributed by atoms with van der Waals surface area (Å²) in [5.41, 5.74) is 6.31. The van der Waals surface area contributed by atoms with E-state index >= 15 is 0 Å². The second-order valence-corrected chi connectivity index (χ2v) is 6.89. The second kappa shape index (κ2) is 7.40. The number of benzene rings is 1. The Kier molecular flexibility index (Phi) is 5.49. The van der Waals surface area contributed by atoms with Crippen LogP contribution in [-0.2, 0) is 20.7 Å². The van der Waals surface area contributed by atoms with Crippen molar-refractivity contribution >= 4 is 21.8 Å². The van der Waals surface area contributed by atoms with Gasteiger partial charge in [-0.3, -0.25) is 9.59 Å². The Morgan fingerprint density at radius 3 is 2.60 bits per heavy atom. The third-order valence-electron chi connectivity index (χ3n) is 3.35. The SMILES string of the molecule is Cc1ccc(S(=O)(=O)OC(CCc2ncc([N+](=O)[O-])[nH]2)C(=N)N)cc1. The molecule has 0 saturated heterocycles. The van der Waals surface area contributed by atoms with Gasteiger partial charge in [0.2, 0.25) is 0 Å². The Hall–Kier alpha value is -2.79. The van der Waals surface area contributed by atoms with E-state index in [2.05, 4.69) is 9.97 Å². The van der Waals surface area contributed by atoms with Crippen molar-refractivity contribution in [2.75, 3.05) is 0 Å². The van der Waals surface area contributed by atoms with E-state index in [0.29, 0.717) is 0 Å². The van der Waals surface area contributed by atoms with Gasteiger partial charge in [0.1, 0.15) is 18.1 Å². The topological polar surface area (TPSA) is 165 Å². The average Bonchev–Trinajstić information content (AvgIpc) is 3.00. The van der Waals surface area contributed by atoms with Gasteiger partial charge in [-0.2, -0.15) is 8.42 Å². The Morgan fingerprint density at radius 1 is 1.44 bits per heavy atom. The molecule has 0 fully saturated rings. The number of imidazole rings is 1. The number of aromatic nitrogens is 2. The highest BCUT2D eigenvalue weighted by molar-refractivity contribution is 7.86. The van der Waals surface area contributed by atoms with Gasteiger partial charge in [0, 0.05) is 6.42 Å². The molecule has 0 saturated carbocycles. The minimum Gasteiger partial charge on any atom is -0.385 e. The van der Waals surface area contributed by atoms with Crippen LogP contribution in [0.15, 0.2) is 35.4 Å². The molecule has 0 aliphatic rings. The smallest absolute Gasteiger partial charge is 0.340 e. The van der Waals surface area contributed by atoms with Gasteiger partial charge in [0.15, 0.2) is 5.82 Å². The van der Waals surface area contributed by atoms with Gasteiger partial charge >= 0.3 is 5.82 Å². The Bertz CT molecular complexity index is 875. The number of nitro groups is 1. The van der Waals surface area contributed by atoms with Crippen molar-refractivity contribution in [1.82, 2.24) is 9.97 Å². The molecule has 1 aromatic carbocycles. The second-order valence-electron chi connectivity index (χ2n) is 5.32. The van der Waals surface area contributed by atoms with Crippen molar-refractivity contribution < 1.29 is 17.5 Å². The standard InChI is InChI=1S/C14H17N5O5S/c1-9-2-4-10(5-3-9)25(22,23)24-11(14(15)16)6-7-12-17-8-13(18-12)19(20)21/h2-5,8,11H,6-7H2,1H3,(H3,15,16)(H,17,18). The van der Waals surface area contributed by atoms with Crippen LogP contribution in [-0.4, -0.2) is 35.2 Å². The van der Waals surface area contributed by atoms with E-state index in [9.17, 15) is 18.5 Å². The average molecular weight is 367 g/mol. The molecule has 0 bridgehead atoms. The van der Waals surface area contributed by atoms with E-state index in [0.717, 1.165) is 11.8 Å². The van der Waals surface area contributed by atoms with Crippen LogP contribution in [0.1, 0.15) is 17.8 Å². The summed E-state index contributed by atoms with van der Waals surface area (Å²) >= 11 is 0. The molecule has 1 aromatic heterocycles. The van der Waals surface area contributed by atoms with Gasteiger partial charge in [-0.25, -0.2) is 9.97 Å². The third kappa shape index (κ3) is 4.84. The van der Waals surface area contributed by atoms with Gasteiger partial charge in [-0.05, 0) is 30.4 Å². The summed E-state index contributed by atoms with van der Waals surface area (Å²) < 4.78 is 29.6. The number of H-pyrrole nitrogens is 1. The molecule has 0 aliphatic carbocycles. The van der Waals surface area contributed by atoms with Crippen molar-refractivity contribution in [3.63, 3.8) is 0 Å². The summed E-state index contributed by atoms with van der Waals surface area (Å²) in [4.78, 5) is 16.2. The highest BCUT2D eigenvalue weighted by Crippen LogP contribution is 2.17. The first-order valence-electron chi connectivity index (χ1n) is 7.21. The van der Waals surface area contributed by atoms with Crippen molar-refractivity contribution in [3.8, 4) is 0 Å². The lowest BCUT2D eigenvalue weighted by molar-refractivity contribution is -0.389. The number of nitrogens with two attached hydrogens (primary N) is 1. The van der Waals surface area contributed by atoms with E-state index < -0.39 is 27.0 Å². The monoisotopic (exact) mass is 367 g/mol. The van der Waals surface area contributed by atoms with E-state index in [4.69, 9.17) is 15.3 Å². The molecule has 1 heterocycles. The number of amidine groups is 1. The zero-order valence-electron chi connectivity index (χ0n) is 13.3. The number of aromatic amines is 1. The van der Waals surface area contributed by atoms with Crippen LogP contribution < -0.4 is 5.73 Å². The number of hydrogen-bond acceptors (Lipinski definition) is 7. The molecule has 134 valence electrons. The Balaban J connectivity index is 2.08. The lowest BCUT2D eigenvalue weighted by Crippen LogP contribution is -2.33. The molecule has 25 heavy (non-hydrogen) atoms. The predicted molar refractivity (Wildman–Crippen MR) is 88.7 cm³/mol. The fourth-order valence-corrected chi connectivity index (χ4v) is 3.09. The van der Waals surface area contributed by atoms with Gasteiger partial charge in [-0.1, -0.05) is 17.7 Å². The summed E-state index contributed by atoms with van der Waals surface area (Å²) in [5.74, 6) is -0.464. The van der Waals surface area contributed by atoms with Crippen molar-refractivity contribution in [2.45, 2.75) is 30.8 Å². The first-order valence-corrected chi connectivity index (χ1v) is 8.62. The predicted octanol–water partition coefficient (Wildman–Crippen LogP) is 1.27. The van der Waals surface area contributed by atoms with Crippen LogP contribution in [0.5, 0.6) is 0 Å². The van der Waals surface area contributed by atoms with Crippen molar-refractivity contribution in [2.24, 2.45) is 5.73 Å². The third-order valence-corrected chi connectivity index (χ3v) is 4.69. The number of hydrogen-bond donors (Lipinski definition) is 3. The fourth-order valence-electron chi connectivity index (χ4n) is 2.01. The molecule has 0 spiro atoms. The molecule has 0 radical (unpaired) electrons. The number of nitrogens with one attached hydrogen (secondary N) is 2. The largest absolute Gasteiger partial charge is 0.385 e. The summed E-state index contributed by atoms with van der Waals surface area (Å²) in [5, 5.41) is 18.1. The van der Waals surface area contributed by atoms with Crippen LogP contribution in [0.4, 0.5) is 5.82 Å². The fraction of sp³-hybridized carbons (Fsp3) is 0.286. The highest BCUT2D eigenvalue weighted by Gasteiger charge is 2.25. The molecular formula is C14H17N5O5S. The van der Waals surface area contributed by atoms with Crippen LogP contribution in [0.25, 0.3) is 0 Å². The maximum absolute atomic E-state index is 12.3. The van der Waals surface area contributed by atoms with Crippen LogP contribution in [0.2, 0.25) is 0 Å². The molecule has 10 nitrogen and oxygen atoms in total. The highest BCUT2D eigenvalue weighted by atomic mass is 32.2. The summed E-state index contributed by atoms with van der Waals surface area (Å²) in [6.45, 7) is 1.82. The van der Waals surface area contributed by atoms with Gasteiger partial charge < -0.3 is 15.8 Å². The molecule has 2 rings (SSSR count). The summed E-state index contributed by atoms with van der Waals surface area (Å²) in [6.07, 6.45) is 0.00433. The molecular weight excluding hydrogens is 350 g/mol. The van der Waals surface area contributed by atoms with E-state index in [1.807, 2.05) is 6.92 Å². The van der Waals surface area contributed by atoms with E-state index in [1.54, 1.807) is 12.1 Å². The van der Waals surface area contributed by atoms with E-state index in [-0.39, 0.29) is 29.4 Å². The lowest BCUT2D eigenvalue weighted by Gasteiger charge is -2.15. The van der Waals surface area contributed by atoms with Crippen molar-refractivity contribution in [1.29, 1.82) is 5.41 Å². The zero-order valence-corrected chi connectivity index (χ0v) is 14.1. The maximum Gasteiger partial charge on any atom is 0.340 e. The summed E-state index contributed by atoms with van der Waals surface area (Å²) in [7, 11) is -4.09. The molecule has 11 heteroatoms. The molecule has 1 atom stereocenters. The van der Waals surface area contributed by atoms with E-state index in [1.165, 1.54) is 12.1 Å². The number of nitrogens with zero attached hydrogens (tertiary/aromatic N) is 2. The maximum atomic E-state index is 12.3. The normalized spacial score (nSPS) is 12.7. The zero-order chi connectivity index (χ0) is 18.6. The molecule has 2 aromatic rings. The minimum absolute atomic E-state index is 0.0189. The van der Waals surface area contributed by atoms with Crippen LogP contribution in [0, 0.1) is 22.4 Å². The van der Waals surface area contributed by atoms with Gasteiger partial charge in [0.05, 0.1) is 4.90 Å². The Morgan fingerprint density at radius 2 is 2.08 bits per heavy atom. The quantitative estimate of drug-likeness (QED) is 0.208. The van der Waals surface area contributed by atoms with Crippen molar-refractivity contribution in [3.05, 3.63) is 52.0 Å². The first kappa shape index (κ1) is 18.5. The number of rotatable bonds is 8. The number of aryl methyl sites for hydroxylation is 2. The minimum atomic E-state index is -4.09. The first-order chi connectivity index (χ1) is 11.7. The lowest BCUT2D eigenvalue weighted by atomic mass is 10.2.